The van der Waals surface area contributed by atoms with Crippen molar-refractivity contribution in [1.29, 1.82) is 0 Å². The van der Waals surface area contributed by atoms with Crippen LogP contribution in [0.25, 0.3) is 31.8 Å². The highest BCUT2D eigenvalue weighted by molar-refractivity contribution is 9.10. The molecule has 5 aromatic rings. The Morgan fingerprint density at radius 3 is 2.55 bits per heavy atom. The largest absolute Gasteiger partial charge is 0.382 e. The lowest BCUT2D eigenvalue weighted by Gasteiger charge is -2.01. The molecule has 3 aromatic heterocycles. The first-order valence-corrected chi connectivity index (χ1v) is 11.9. The van der Waals surface area contributed by atoms with Gasteiger partial charge in [0, 0.05) is 35.9 Å². The van der Waals surface area contributed by atoms with Crippen molar-refractivity contribution in [2.45, 2.75) is 0 Å². The Balaban J connectivity index is 1.79. The molecule has 0 N–H and O–H groups in total. The SMILES string of the molecule is CN(C)/C=c1\sc2c(-c3nc4ccccc4s3)cc(C(=O)c3ccc(Br)cc3)n2c1=O. The fourth-order valence-corrected chi connectivity index (χ4v) is 5.93. The molecule has 0 saturated carbocycles. The highest BCUT2D eigenvalue weighted by atomic mass is 79.9. The van der Waals surface area contributed by atoms with Crippen LogP contribution in [0.5, 0.6) is 0 Å². The molecule has 0 saturated heterocycles. The summed E-state index contributed by atoms with van der Waals surface area (Å²) in [5, 5.41) is 0.797. The molecule has 0 atom stereocenters. The molecule has 5 rings (SSSR count). The number of halogens is 1. The van der Waals surface area contributed by atoms with Gasteiger partial charge in [0.1, 0.15) is 14.4 Å². The van der Waals surface area contributed by atoms with Gasteiger partial charge in [0.05, 0.1) is 15.9 Å². The maximum Gasteiger partial charge on any atom is 0.275 e. The number of para-hydroxylation sites is 1. The van der Waals surface area contributed by atoms with Crippen LogP contribution < -0.4 is 10.1 Å². The van der Waals surface area contributed by atoms with Gasteiger partial charge >= 0.3 is 0 Å². The van der Waals surface area contributed by atoms with Crippen molar-refractivity contribution >= 4 is 65.6 Å². The minimum absolute atomic E-state index is 0.193. The number of fused-ring (bicyclic) bond motifs is 2. The highest BCUT2D eigenvalue weighted by Gasteiger charge is 2.23. The highest BCUT2D eigenvalue weighted by Crippen LogP contribution is 2.35. The first kappa shape index (κ1) is 20.1. The standard InChI is InChI=1S/C23H16BrN3O2S2/c1-26(2)12-19-22(29)27-17(20(28)13-7-9-14(24)10-8-13)11-15(23(27)31-19)21-25-16-5-3-4-6-18(16)30-21/h3-12H,1-2H3/b19-12-. The Morgan fingerprint density at radius 2 is 1.84 bits per heavy atom. The second kappa shape index (κ2) is 7.71. The van der Waals surface area contributed by atoms with Gasteiger partial charge in [0.15, 0.2) is 0 Å². The van der Waals surface area contributed by atoms with Crippen LogP contribution in [0.3, 0.4) is 0 Å². The predicted molar refractivity (Wildman–Crippen MR) is 131 cm³/mol. The van der Waals surface area contributed by atoms with Crippen molar-refractivity contribution in [3.8, 4) is 10.6 Å². The van der Waals surface area contributed by atoms with Crippen LogP contribution in [-0.4, -0.2) is 34.2 Å². The summed E-state index contributed by atoms with van der Waals surface area (Å²) < 4.78 is 4.07. The lowest BCUT2D eigenvalue weighted by molar-refractivity contribution is 0.103. The molecule has 0 aliphatic carbocycles. The van der Waals surface area contributed by atoms with Gasteiger partial charge in [-0.3, -0.25) is 14.0 Å². The smallest absolute Gasteiger partial charge is 0.275 e. The van der Waals surface area contributed by atoms with E-state index in [0.29, 0.717) is 15.8 Å². The summed E-state index contributed by atoms with van der Waals surface area (Å²) in [6.07, 6.45) is 1.79. The van der Waals surface area contributed by atoms with Crippen LogP contribution in [-0.2, 0) is 0 Å². The van der Waals surface area contributed by atoms with Gasteiger partial charge in [-0.05, 0) is 42.5 Å². The second-order valence-corrected chi connectivity index (χ2v) is 10.2. The van der Waals surface area contributed by atoms with Crippen molar-refractivity contribution in [2.75, 3.05) is 14.1 Å². The van der Waals surface area contributed by atoms with Gasteiger partial charge < -0.3 is 4.90 Å². The van der Waals surface area contributed by atoms with E-state index in [1.807, 2.05) is 55.4 Å². The molecule has 5 nitrogen and oxygen atoms in total. The number of benzene rings is 2. The third kappa shape index (κ3) is 3.50. The molecule has 0 fully saturated rings. The van der Waals surface area contributed by atoms with Gasteiger partial charge in [0.2, 0.25) is 5.78 Å². The van der Waals surface area contributed by atoms with Crippen LogP contribution in [0.1, 0.15) is 16.1 Å². The topological polar surface area (TPSA) is 54.7 Å². The number of carbonyl (C=O) groups is 1. The van der Waals surface area contributed by atoms with Gasteiger partial charge in [-0.2, -0.15) is 0 Å². The van der Waals surface area contributed by atoms with E-state index < -0.39 is 0 Å². The van der Waals surface area contributed by atoms with Crippen LogP contribution >= 0.6 is 38.6 Å². The summed E-state index contributed by atoms with van der Waals surface area (Å²) in [7, 11) is 3.74. The molecule has 154 valence electrons. The number of aromatic nitrogens is 2. The zero-order chi connectivity index (χ0) is 21.7. The van der Waals surface area contributed by atoms with Crippen LogP contribution in [0.2, 0.25) is 0 Å². The average Bonchev–Trinajstić information content (AvgIpc) is 3.41. The zero-order valence-corrected chi connectivity index (χ0v) is 19.8. The molecule has 3 heterocycles. The average molecular weight is 510 g/mol. The third-order valence-corrected chi connectivity index (χ3v) is 7.51. The van der Waals surface area contributed by atoms with Gasteiger partial charge in [-0.15, -0.1) is 22.7 Å². The number of ketones is 1. The van der Waals surface area contributed by atoms with Crippen molar-refractivity contribution in [2.24, 2.45) is 0 Å². The minimum Gasteiger partial charge on any atom is -0.382 e. The summed E-state index contributed by atoms with van der Waals surface area (Å²) in [6, 6.07) is 16.9. The number of rotatable bonds is 4. The Bertz CT molecular complexity index is 1530. The summed E-state index contributed by atoms with van der Waals surface area (Å²) in [4.78, 5) is 33.9. The quantitative estimate of drug-likeness (QED) is 0.331. The monoisotopic (exact) mass is 509 g/mol. The molecule has 0 amide bonds. The molecule has 0 radical (unpaired) electrons. The predicted octanol–water partition coefficient (Wildman–Crippen LogP) is 4.65. The number of thiazole rings is 2. The lowest BCUT2D eigenvalue weighted by Crippen LogP contribution is -2.27. The molecule has 0 spiro atoms. The number of hydrogen-bond donors (Lipinski definition) is 0. The van der Waals surface area contributed by atoms with Crippen molar-refractivity contribution in [3.05, 3.63) is 85.2 Å². The third-order valence-electron chi connectivity index (χ3n) is 4.81. The number of carbonyl (C=O) groups excluding carboxylic acids is 1. The van der Waals surface area contributed by atoms with Crippen molar-refractivity contribution in [1.82, 2.24) is 14.3 Å². The Labute approximate surface area is 194 Å². The molecule has 0 bridgehead atoms. The van der Waals surface area contributed by atoms with Crippen LogP contribution in [0.4, 0.5) is 0 Å². The molecular weight excluding hydrogens is 494 g/mol. The number of hydrogen-bond acceptors (Lipinski definition) is 6. The lowest BCUT2D eigenvalue weighted by atomic mass is 10.1. The first-order chi connectivity index (χ1) is 14.9. The van der Waals surface area contributed by atoms with Gasteiger partial charge in [-0.1, -0.05) is 28.1 Å². The van der Waals surface area contributed by atoms with E-state index in [0.717, 1.165) is 30.1 Å². The molecule has 2 aromatic carbocycles. The first-order valence-electron chi connectivity index (χ1n) is 9.45. The molecular formula is C23H16BrN3O2S2. The maximum absolute atomic E-state index is 13.4. The normalized spacial score (nSPS) is 12.2. The van der Waals surface area contributed by atoms with E-state index in [1.165, 1.54) is 15.7 Å². The Kier molecular flexibility index (Phi) is 5.00. The van der Waals surface area contributed by atoms with E-state index in [-0.39, 0.29) is 11.3 Å². The van der Waals surface area contributed by atoms with E-state index in [2.05, 4.69) is 15.9 Å². The zero-order valence-electron chi connectivity index (χ0n) is 16.6. The van der Waals surface area contributed by atoms with Crippen molar-refractivity contribution in [3.63, 3.8) is 0 Å². The summed E-state index contributed by atoms with van der Waals surface area (Å²) in [5.74, 6) is -0.193. The fourth-order valence-electron chi connectivity index (χ4n) is 3.43. The Hall–Kier alpha value is -2.81. The summed E-state index contributed by atoms with van der Waals surface area (Å²) >= 11 is 6.34. The molecule has 0 aliphatic rings. The summed E-state index contributed by atoms with van der Waals surface area (Å²) in [5.41, 5.74) is 2.40. The van der Waals surface area contributed by atoms with Crippen LogP contribution in [0, 0.1) is 0 Å². The fraction of sp³-hybridized carbons (Fsp3) is 0.0870. The van der Waals surface area contributed by atoms with Gasteiger partial charge in [0.25, 0.3) is 5.56 Å². The van der Waals surface area contributed by atoms with E-state index in [9.17, 15) is 9.59 Å². The molecule has 0 aliphatic heterocycles. The van der Waals surface area contributed by atoms with Gasteiger partial charge in [-0.25, -0.2) is 4.98 Å². The minimum atomic E-state index is -0.193. The molecule has 31 heavy (non-hydrogen) atoms. The second-order valence-electron chi connectivity index (χ2n) is 7.27. The molecule has 0 unspecified atom stereocenters. The Morgan fingerprint density at radius 1 is 1.10 bits per heavy atom. The van der Waals surface area contributed by atoms with Crippen molar-refractivity contribution < 1.29 is 4.79 Å². The van der Waals surface area contributed by atoms with E-state index >= 15 is 0 Å². The number of nitrogens with zero attached hydrogens (tertiary/aromatic N) is 3. The molecule has 8 heteroatoms. The summed E-state index contributed by atoms with van der Waals surface area (Å²) in [6.45, 7) is 0. The van der Waals surface area contributed by atoms with E-state index in [4.69, 9.17) is 4.98 Å². The maximum atomic E-state index is 13.4. The van der Waals surface area contributed by atoms with Crippen LogP contribution in [0.15, 0.2) is 63.9 Å². The van der Waals surface area contributed by atoms with E-state index in [1.54, 1.807) is 35.7 Å².